The van der Waals surface area contributed by atoms with E-state index in [1.54, 1.807) is 18.2 Å². The Morgan fingerprint density at radius 2 is 1.80 bits per heavy atom. The molecule has 0 aliphatic heterocycles. The van der Waals surface area contributed by atoms with Crippen molar-refractivity contribution in [2.75, 3.05) is 5.32 Å². The van der Waals surface area contributed by atoms with Gasteiger partial charge in [0.2, 0.25) is 10.0 Å². The molecule has 106 valence electrons. The Balaban J connectivity index is 2.06. The van der Waals surface area contributed by atoms with E-state index >= 15 is 0 Å². The van der Waals surface area contributed by atoms with E-state index in [1.165, 1.54) is 24.3 Å². The van der Waals surface area contributed by atoms with Gasteiger partial charge in [0, 0.05) is 12.2 Å². The molecule has 20 heavy (non-hydrogen) atoms. The number of hydrogen-bond acceptors (Lipinski definition) is 3. The lowest BCUT2D eigenvalue weighted by Gasteiger charge is -2.08. The molecule has 0 aromatic heterocycles. The van der Waals surface area contributed by atoms with E-state index in [-0.39, 0.29) is 9.92 Å². The van der Waals surface area contributed by atoms with Crippen LogP contribution in [0.5, 0.6) is 0 Å². The molecular formula is C13H12ClFN2O2S. The fraction of sp³-hybridized carbons (Fsp3) is 0.0769. The predicted octanol–water partition coefficient (Wildman–Crippen LogP) is 2.74. The van der Waals surface area contributed by atoms with Gasteiger partial charge in [0.05, 0.1) is 9.92 Å². The van der Waals surface area contributed by atoms with Crippen molar-refractivity contribution in [3.05, 3.63) is 58.9 Å². The van der Waals surface area contributed by atoms with Gasteiger partial charge >= 0.3 is 0 Å². The Morgan fingerprint density at radius 3 is 2.35 bits per heavy atom. The van der Waals surface area contributed by atoms with Gasteiger partial charge in [0.25, 0.3) is 0 Å². The molecule has 3 N–H and O–H groups in total. The lowest BCUT2D eigenvalue weighted by molar-refractivity contribution is 0.598. The summed E-state index contributed by atoms with van der Waals surface area (Å²) in [6.45, 7) is 0.439. The van der Waals surface area contributed by atoms with Gasteiger partial charge in [0.15, 0.2) is 0 Å². The number of primary sulfonamides is 1. The number of benzene rings is 2. The summed E-state index contributed by atoms with van der Waals surface area (Å²) in [7, 11) is -3.68. The van der Waals surface area contributed by atoms with Crippen LogP contribution >= 0.6 is 11.6 Å². The van der Waals surface area contributed by atoms with Gasteiger partial charge in [-0.15, -0.1) is 0 Å². The average molecular weight is 315 g/mol. The molecule has 0 saturated carbocycles. The van der Waals surface area contributed by atoms with E-state index in [1.807, 2.05) is 0 Å². The van der Waals surface area contributed by atoms with Gasteiger partial charge in [-0.05, 0) is 42.0 Å². The van der Waals surface area contributed by atoms with Crippen molar-refractivity contribution < 1.29 is 12.8 Å². The molecule has 7 heteroatoms. The van der Waals surface area contributed by atoms with Crippen LogP contribution in [0.25, 0.3) is 0 Å². The van der Waals surface area contributed by atoms with Gasteiger partial charge in [-0.25, -0.2) is 17.9 Å². The first kappa shape index (κ1) is 14.8. The van der Waals surface area contributed by atoms with Crippen LogP contribution < -0.4 is 10.5 Å². The topological polar surface area (TPSA) is 72.2 Å². The molecule has 0 amide bonds. The van der Waals surface area contributed by atoms with E-state index in [0.29, 0.717) is 6.54 Å². The Morgan fingerprint density at radius 1 is 1.15 bits per heavy atom. The summed E-state index contributed by atoms with van der Waals surface area (Å²) in [5, 5.41) is 8.14. The third-order valence-corrected chi connectivity index (χ3v) is 3.88. The van der Waals surface area contributed by atoms with Gasteiger partial charge in [0.1, 0.15) is 5.82 Å². The maximum absolute atomic E-state index is 13.0. The molecule has 2 aromatic rings. The smallest absolute Gasteiger partial charge is 0.238 e. The summed E-state index contributed by atoms with van der Waals surface area (Å²) in [5.74, 6) is -0.465. The highest BCUT2D eigenvalue weighted by atomic mass is 35.5. The van der Waals surface area contributed by atoms with E-state index in [0.717, 1.165) is 11.3 Å². The van der Waals surface area contributed by atoms with Crippen LogP contribution in [0, 0.1) is 5.82 Å². The van der Waals surface area contributed by atoms with Gasteiger partial charge in [-0.3, -0.25) is 0 Å². The molecule has 0 spiro atoms. The number of anilines is 1. The van der Waals surface area contributed by atoms with Crippen molar-refractivity contribution in [3.63, 3.8) is 0 Å². The molecule has 0 aliphatic carbocycles. The third-order valence-electron chi connectivity index (χ3n) is 2.66. The summed E-state index contributed by atoms with van der Waals surface area (Å²) < 4.78 is 35.2. The second-order valence-electron chi connectivity index (χ2n) is 4.17. The molecule has 0 radical (unpaired) electrons. The normalized spacial score (nSPS) is 11.3. The highest BCUT2D eigenvalue weighted by molar-refractivity contribution is 7.89. The quantitative estimate of drug-likeness (QED) is 0.911. The van der Waals surface area contributed by atoms with Crippen molar-refractivity contribution in [1.82, 2.24) is 0 Å². The summed E-state index contributed by atoms with van der Waals surface area (Å²) >= 11 is 5.68. The first-order valence-corrected chi connectivity index (χ1v) is 7.59. The molecule has 0 aliphatic rings. The zero-order valence-electron chi connectivity index (χ0n) is 10.3. The zero-order chi connectivity index (χ0) is 14.8. The molecule has 0 fully saturated rings. The maximum Gasteiger partial charge on any atom is 0.238 e. The van der Waals surface area contributed by atoms with Crippen LogP contribution in [0.4, 0.5) is 10.1 Å². The predicted molar refractivity (Wildman–Crippen MR) is 76.6 cm³/mol. The SMILES string of the molecule is NS(=O)(=O)c1ccc(NCc2ccc(F)c(Cl)c2)cc1. The first-order valence-electron chi connectivity index (χ1n) is 5.67. The molecule has 4 nitrogen and oxygen atoms in total. The molecule has 0 unspecified atom stereocenters. The molecule has 2 rings (SSSR count). The zero-order valence-corrected chi connectivity index (χ0v) is 11.9. The fourth-order valence-electron chi connectivity index (χ4n) is 1.62. The van der Waals surface area contributed by atoms with Gasteiger partial charge in [-0.1, -0.05) is 17.7 Å². The minimum absolute atomic E-state index is 0.0490. The van der Waals surface area contributed by atoms with Crippen LogP contribution in [-0.4, -0.2) is 8.42 Å². The fourth-order valence-corrected chi connectivity index (χ4v) is 2.33. The Labute approximate surface area is 121 Å². The van der Waals surface area contributed by atoms with E-state index < -0.39 is 15.8 Å². The maximum atomic E-state index is 13.0. The van der Waals surface area contributed by atoms with Crippen LogP contribution in [0.15, 0.2) is 47.4 Å². The van der Waals surface area contributed by atoms with Crippen LogP contribution in [-0.2, 0) is 16.6 Å². The van der Waals surface area contributed by atoms with E-state index in [2.05, 4.69) is 5.32 Å². The second kappa shape index (κ2) is 5.78. The largest absolute Gasteiger partial charge is 0.381 e. The van der Waals surface area contributed by atoms with Crippen LogP contribution in [0.3, 0.4) is 0 Å². The molecule has 0 saturated heterocycles. The number of hydrogen-bond donors (Lipinski definition) is 2. The summed E-state index contributed by atoms with van der Waals surface area (Å²) in [6.07, 6.45) is 0. The number of nitrogens with two attached hydrogens (primary N) is 1. The first-order chi connectivity index (χ1) is 9.36. The van der Waals surface area contributed by atoms with Crippen LogP contribution in [0.2, 0.25) is 5.02 Å². The van der Waals surface area contributed by atoms with E-state index in [9.17, 15) is 12.8 Å². The van der Waals surface area contributed by atoms with Crippen molar-refractivity contribution >= 4 is 27.3 Å². The number of rotatable bonds is 4. The highest BCUT2D eigenvalue weighted by Crippen LogP contribution is 2.18. The second-order valence-corrected chi connectivity index (χ2v) is 6.14. The van der Waals surface area contributed by atoms with E-state index in [4.69, 9.17) is 16.7 Å². The number of nitrogens with one attached hydrogen (secondary N) is 1. The minimum Gasteiger partial charge on any atom is -0.381 e. The Hall–Kier alpha value is -1.63. The molecular weight excluding hydrogens is 303 g/mol. The number of halogens is 2. The standard InChI is InChI=1S/C13H12ClFN2O2S/c14-12-7-9(1-6-13(12)15)8-17-10-2-4-11(5-3-10)20(16,18)19/h1-7,17H,8H2,(H2,16,18,19). The van der Waals surface area contributed by atoms with Crippen molar-refractivity contribution in [2.45, 2.75) is 11.4 Å². The summed E-state index contributed by atoms with van der Waals surface area (Å²) in [6, 6.07) is 10.5. The Bertz CT molecular complexity index is 718. The third kappa shape index (κ3) is 3.69. The highest BCUT2D eigenvalue weighted by Gasteiger charge is 2.06. The molecule has 2 aromatic carbocycles. The average Bonchev–Trinajstić information content (AvgIpc) is 2.40. The molecule has 0 heterocycles. The van der Waals surface area contributed by atoms with Gasteiger partial charge in [-0.2, -0.15) is 0 Å². The minimum atomic E-state index is -3.68. The summed E-state index contributed by atoms with van der Waals surface area (Å²) in [5.41, 5.74) is 1.53. The van der Waals surface area contributed by atoms with Gasteiger partial charge < -0.3 is 5.32 Å². The summed E-state index contributed by atoms with van der Waals surface area (Å²) in [4.78, 5) is 0.0490. The molecule has 0 atom stereocenters. The van der Waals surface area contributed by atoms with Crippen molar-refractivity contribution in [2.24, 2.45) is 5.14 Å². The number of sulfonamides is 1. The molecule has 0 bridgehead atoms. The van der Waals surface area contributed by atoms with Crippen molar-refractivity contribution in [3.8, 4) is 0 Å². The van der Waals surface area contributed by atoms with Crippen molar-refractivity contribution in [1.29, 1.82) is 0 Å². The van der Waals surface area contributed by atoms with Crippen LogP contribution in [0.1, 0.15) is 5.56 Å². The monoisotopic (exact) mass is 314 g/mol. The Kier molecular flexibility index (Phi) is 4.27. The lowest BCUT2D eigenvalue weighted by Crippen LogP contribution is -2.12. The lowest BCUT2D eigenvalue weighted by atomic mass is 10.2.